The third-order valence-electron chi connectivity index (χ3n) is 1.90. The summed E-state index contributed by atoms with van der Waals surface area (Å²) < 4.78 is 1.86. The van der Waals surface area contributed by atoms with Crippen molar-refractivity contribution in [3.63, 3.8) is 0 Å². The van der Waals surface area contributed by atoms with E-state index in [0.717, 1.165) is 11.4 Å². The van der Waals surface area contributed by atoms with Gasteiger partial charge in [0.2, 0.25) is 0 Å². The van der Waals surface area contributed by atoms with Crippen LogP contribution in [0.3, 0.4) is 0 Å². The van der Waals surface area contributed by atoms with Crippen LogP contribution in [0.4, 0.5) is 0 Å². The minimum atomic E-state index is 0.292. The molecule has 2 rings (SSSR count). The molecule has 0 radical (unpaired) electrons. The highest BCUT2D eigenvalue weighted by Gasteiger charge is 2.09. The van der Waals surface area contributed by atoms with Crippen LogP contribution >= 0.6 is 0 Å². The van der Waals surface area contributed by atoms with Gasteiger partial charge < -0.3 is 0 Å². The van der Waals surface area contributed by atoms with Crippen LogP contribution in [-0.4, -0.2) is 25.0 Å². The first kappa shape index (κ1) is 8.80. The molecule has 5 heteroatoms. The van der Waals surface area contributed by atoms with Gasteiger partial charge in [-0.05, 0) is 19.9 Å². The summed E-state index contributed by atoms with van der Waals surface area (Å²) in [5.41, 5.74) is 0.936. The Bertz CT molecular complexity index is 406. The fourth-order valence-electron chi connectivity index (χ4n) is 1.26. The first-order chi connectivity index (χ1) is 6.79. The number of nitrogens with zero attached hydrogens (tertiary/aromatic N) is 5. The summed E-state index contributed by atoms with van der Waals surface area (Å²) in [5, 5.41) is 11.7. The Morgan fingerprint density at radius 3 is 2.79 bits per heavy atom. The van der Waals surface area contributed by atoms with E-state index in [1.54, 1.807) is 18.7 Å². The van der Waals surface area contributed by atoms with Crippen LogP contribution in [-0.2, 0) is 0 Å². The van der Waals surface area contributed by atoms with E-state index in [1.807, 2.05) is 10.7 Å². The molecule has 0 aromatic carbocycles. The van der Waals surface area contributed by atoms with Gasteiger partial charge in [-0.25, -0.2) is 9.67 Å². The smallest absolute Gasteiger partial charge is 0.159 e. The average molecular weight is 189 g/mol. The minimum Gasteiger partial charge on any atom is -0.243 e. The van der Waals surface area contributed by atoms with Crippen molar-refractivity contribution in [1.82, 2.24) is 25.0 Å². The van der Waals surface area contributed by atoms with Crippen LogP contribution in [0.15, 0.2) is 24.8 Å². The van der Waals surface area contributed by atoms with Crippen LogP contribution in [0.25, 0.3) is 11.4 Å². The van der Waals surface area contributed by atoms with Gasteiger partial charge in [-0.15, -0.1) is 0 Å². The molecule has 0 saturated carbocycles. The van der Waals surface area contributed by atoms with Gasteiger partial charge in [0.05, 0.1) is 12.4 Å². The fourth-order valence-corrected chi connectivity index (χ4v) is 1.26. The van der Waals surface area contributed by atoms with Crippen molar-refractivity contribution in [2.45, 2.75) is 19.9 Å². The van der Waals surface area contributed by atoms with Gasteiger partial charge in [0.1, 0.15) is 6.33 Å². The maximum absolute atomic E-state index is 4.19. The summed E-state index contributed by atoms with van der Waals surface area (Å²) in [6, 6.07) is 2.16. The zero-order chi connectivity index (χ0) is 9.97. The zero-order valence-corrected chi connectivity index (χ0v) is 8.12. The predicted octanol–water partition coefficient (Wildman–Crippen LogP) is 1.32. The number of rotatable bonds is 2. The van der Waals surface area contributed by atoms with Gasteiger partial charge in [0, 0.05) is 11.6 Å². The van der Waals surface area contributed by atoms with E-state index >= 15 is 0 Å². The number of hydrogen-bond acceptors (Lipinski definition) is 4. The average Bonchev–Trinajstić information content (AvgIpc) is 2.67. The number of hydrogen-bond donors (Lipinski definition) is 0. The van der Waals surface area contributed by atoms with Crippen molar-refractivity contribution in [3.05, 3.63) is 24.8 Å². The third kappa shape index (κ3) is 1.48. The van der Waals surface area contributed by atoms with E-state index < -0.39 is 0 Å². The quantitative estimate of drug-likeness (QED) is 0.714. The molecule has 0 amide bonds. The van der Waals surface area contributed by atoms with Crippen molar-refractivity contribution in [2.75, 3.05) is 0 Å². The summed E-state index contributed by atoms with van der Waals surface area (Å²) in [4.78, 5) is 4.19. The Morgan fingerprint density at radius 2 is 2.14 bits per heavy atom. The van der Waals surface area contributed by atoms with Gasteiger partial charge in [-0.1, -0.05) is 0 Å². The molecule has 0 atom stereocenters. The molecule has 2 aromatic heterocycles. The van der Waals surface area contributed by atoms with E-state index in [9.17, 15) is 0 Å². The van der Waals surface area contributed by atoms with Crippen LogP contribution in [0, 0.1) is 0 Å². The van der Waals surface area contributed by atoms with Gasteiger partial charge in [-0.2, -0.15) is 15.3 Å². The van der Waals surface area contributed by atoms with E-state index in [2.05, 4.69) is 34.1 Å². The molecule has 2 aromatic rings. The largest absolute Gasteiger partial charge is 0.243 e. The van der Waals surface area contributed by atoms with E-state index in [4.69, 9.17) is 0 Å². The summed E-state index contributed by atoms with van der Waals surface area (Å²) >= 11 is 0. The topological polar surface area (TPSA) is 56.5 Å². The SMILES string of the molecule is CC(C)n1ncnc1-c1ccnnc1. The van der Waals surface area contributed by atoms with Crippen LogP contribution in [0.2, 0.25) is 0 Å². The normalized spacial score (nSPS) is 10.8. The maximum Gasteiger partial charge on any atom is 0.159 e. The molecule has 0 saturated heterocycles. The van der Waals surface area contributed by atoms with Crippen LogP contribution < -0.4 is 0 Å². The lowest BCUT2D eigenvalue weighted by Gasteiger charge is -2.08. The summed E-state index contributed by atoms with van der Waals surface area (Å²) in [6.45, 7) is 4.12. The summed E-state index contributed by atoms with van der Waals surface area (Å²) in [5.74, 6) is 0.829. The Balaban J connectivity index is 2.47. The molecule has 0 aliphatic heterocycles. The highest BCUT2D eigenvalue weighted by molar-refractivity contribution is 5.52. The molecule has 0 N–H and O–H groups in total. The van der Waals surface area contributed by atoms with E-state index in [0.29, 0.717) is 6.04 Å². The zero-order valence-electron chi connectivity index (χ0n) is 8.12. The molecule has 5 nitrogen and oxygen atoms in total. The Kier molecular flexibility index (Phi) is 2.22. The molecule has 14 heavy (non-hydrogen) atoms. The third-order valence-corrected chi connectivity index (χ3v) is 1.90. The molecular weight excluding hydrogens is 178 g/mol. The van der Waals surface area contributed by atoms with Gasteiger partial charge in [-0.3, -0.25) is 0 Å². The highest BCUT2D eigenvalue weighted by Crippen LogP contribution is 2.17. The van der Waals surface area contributed by atoms with Gasteiger partial charge >= 0.3 is 0 Å². The minimum absolute atomic E-state index is 0.292. The Labute approximate surface area is 81.8 Å². The molecule has 0 unspecified atom stereocenters. The summed E-state index contributed by atoms with van der Waals surface area (Å²) in [7, 11) is 0. The lowest BCUT2D eigenvalue weighted by Crippen LogP contribution is -2.05. The van der Waals surface area contributed by atoms with Crippen molar-refractivity contribution < 1.29 is 0 Å². The second-order valence-electron chi connectivity index (χ2n) is 3.25. The molecule has 72 valence electrons. The van der Waals surface area contributed by atoms with Crippen molar-refractivity contribution in [1.29, 1.82) is 0 Å². The molecular formula is C9H11N5. The maximum atomic E-state index is 4.19. The first-order valence-electron chi connectivity index (χ1n) is 4.45. The highest BCUT2D eigenvalue weighted by atomic mass is 15.3. The van der Waals surface area contributed by atoms with E-state index in [1.165, 1.54) is 0 Å². The Morgan fingerprint density at radius 1 is 1.29 bits per heavy atom. The summed E-state index contributed by atoms with van der Waals surface area (Å²) in [6.07, 6.45) is 4.88. The lowest BCUT2D eigenvalue weighted by atomic mass is 10.3. The molecule has 0 aliphatic carbocycles. The second kappa shape index (κ2) is 3.53. The van der Waals surface area contributed by atoms with Gasteiger partial charge in [0.25, 0.3) is 0 Å². The van der Waals surface area contributed by atoms with Crippen LogP contribution in [0.1, 0.15) is 19.9 Å². The Hall–Kier alpha value is -1.78. The standard InChI is InChI=1S/C9H11N5/c1-7(2)14-9(10-6-13-14)8-3-4-11-12-5-8/h3-7H,1-2H3. The van der Waals surface area contributed by atoms with E-state index in [-0.39, 0.29) is 0 Å². The number of aromatic nitrogens is 5. The molecule has 2 heterocycles. The molecule has 0 bridgehead atoms. The van der Waals surface area contributed by atoms with Crippen LogP contribution in [0.5, 0.6) is 0 Å². The first-order valence-corrected chi connectivity index (χ1v) is 4.45. The van der Waals surface area contributed by atoms with Crippen molar-refractivity contribution in [2.24, 2.45) is 0 Å². The molecule has 0 spiro atoms. The van der Waals surface area contributed by atoms with Crippen molar-refractivity contribution >= 4 is 0 Å². The molecule has 0 aliphatic rings. The van der Waals surface area contributed by atoms with Gasteiger partial charge in [0.15, 0.2) is 5.82 Å². The monoisotopic (exact) mass is 189 g/mol. The molecule has 0 fully saturated rings. The lowest BCUT2D eigenvalue weighted by molar-refractivity contribution is 0.537. The van der Waals surface area contributed by atoms with Crippen molar-refractivity contribution in [3.8, 4) is 11.4 Å². The predicted molar refractivity (Wildman–Crippen MR) is 51.4 cm³/mol. The second-order valence-corrected chi connectivity index (χ2v) is 3.25. The fraction of sp³-hybridized carbons (Fsp3) is 0.333.